The molecule has 4 nitrogen and oxygen atoms in total. The molecule has 2 atom stereocenters. The maximum absolute atomic E-state index is 12.6. The molecule has 0 aliphatic carbocycles. The summed E-state index contributed by atoms with van der Waals surface area (Å²) in [6, 6.07) is 5.97. The smallest absolute Gasteiger partial charge is 0.416 e. The second-order valence-electron chi connectivity index (χ2n) is 3.62. The Labute approximate surface area is 113 Å². The second kappa shape index (κ2) is 7.32. The summed E-state index contributed by atoms with van der Waals surface area (Å²) in [4.78, 5) is 10.5. The molecule has 0 radical (unpaired) electrons. The highest BCUT2D eigenvalue weighted by Gasteiger charge is 2.47. The summed E-state index contributed by atoms with van der Waals surface area (Å²) in [5.74, 6) is -1.76. The van der Waals surface area contributed by atoms with Crippen molar-refractivity contribution in [1.82, 2.24) is 0 Å². The number of carbonyl (C=O) groups is 1. The van der Waals surface area contributed by atoms with E-state index in [-0.39, 0.29) is 19.0 Å². The lowest BCUT2D eigenvalue weighted by Gasteiger charge is -2.23. The minimum atomic E-state index is -4.83. The fourth-order valence-corrected chi connectivity index (χ4v) is 1.29. The predicted molar refractivity (Wildman–Crippen MR) is 63.9 cm³/mol. The molecule has 0 fully saturated rings. The molecular weight excluding hydrogens is 287 g/mol. The van der Waals surface area contributed by atoms with Crippen LogP contribution in [0.4, 0.5) is 13.2 Å². The van der Waals surface area contributed by atoms with Crippen molar-refractivity contribution in [1.29, 1.82) is 0 Å². The van der Waals surface area contributed by atoms with E-state index in [1.807, 2.05) is 0 Å². The van der Waals surface area contributed by atoms with Crippen LogP contribution in [0.15, 0.2) is 30.3 Å². The Morgan fingerprint density at radius 2 is 1.84 bits per heavy atom. The van der Waals surface area contributed by atoms with Crippen LogP contribution >= 0.6 is 12.4 Å². The number of hydrogen-bond donors (Lipinski definition) is 2. The number of nitrogens with two attached hydrogens (primary N) is 1. The van der Waals surface area contributed by atoms with Gasteiger partial charge in [-0.05, 0) is 5.56 Å². The summed E-state index contributed by atoms with van der Waals surface area (Å²) in [6.07, 6.45) is -7.36. The Kier molecular flexibility index (Phi) is 6.82. The first-order chi connectivity index (χ1) is 8.32. The maximum atomic E-state index is 12.6. The zero-order valence-corrected chi connectivity index (χ0v) is 10.4. The van der Waals surface area contributed by atoms with Crippen molar-refractivity contribution >= 4 is 18.4 Å². The molecule has 1 aromatic carbocycles. The molecule has 0 aliphatic rings. The lowest BCUT2D eigenvalue weighted by atomic mass is 10.1. The third-order valence-electron chi connectivity index (χ3n) is 2.21. The minimum Gasteiger partial charge on any atom is -0.480 e. The molecule has 1 aromatic rings. The van der Waals surface area contributed by atoms with Gasteiger partial charge in [0.1, 0.15) is 6.04 Å². The third-order valence-corrected chi connectivity index (χ3v) is 2.21. The van der Waals surface area contributed by atoms with Crippen molar-refractivity contribution in [3.63, 3.8) is 0 Å². The van der Waals surface area contributed by atoms with Gasteiger partial charge in [-0.15, -0.1) is 12.4 Å². The standard InChI is InChI=1S/C11H12F3NO3.ClH/c12-11(13,14)9(8(15)10(16)17)18-6-7-4-2-1-3-5-7;/h1-5,8-9H,6,15H2,(H,16,17);1H/t8-,9+;/m1./s1. The molecular formula is C11H13ClF3NO3. The largest absolute Gasteiger partial charge is 0.480 e. The third kappa shape index (κ3) is 5.46. The fourth-order valence-electron chi connectivity index (χ4n) is 1.29. The van der Waals surface area contributed by atoms with Gasteiger partial charge in [-0.25, -0.2) is 0 Å². The lowest BCUT2D eigenvalue weighted by Crippen LogP contribution is -2.51. The summed E-state index contributed by atoms with van der Waals surface area (Å²) in [5, 5.41) is 8.51. The van der Waals surface area contributed by atoms with E-state index in [0.29, 0.717) is 5.56 Å². The highest BCUT2D eigenvalue weighted by molar-refractivity contribution is 5.85. The first kappa shape index (κ1) is 17.7. The molecule has 0 saturated heterocycles. The quantitative estimate of drug-likeness (QED) is 0.872. The molecule has 19 heavy (non-hydrogen) atoms. The Bertz CT molecular complexity index is 400. The van der Waals surface area contributed by atoms with E-state index in [4.69, 9.17) is 10.8 Å². The van der Waals surface area contributed by atoms with Crippen molar-refractivity contribution in [2.45, 2.75) is 24.9 Å². The van der Waals surface area contributed by atoms with Crippen LogP contribution in [0.3, 0.4) is 0 Å². The number of halogens is 4. The normalized spacial score (nSPS) is 14.3. The van der Waals surface area contributed by atoms with Crippen LogP contribution in [0.2, 0.25) is 0 Å². The summed E-state index contributed by atoms with van der Waals surface area (Å²) in [6.45, 7) is -0.355. The molecule has 0 aromatic heterocycles. The van der Waals surface area contributed by atoms with Gasteiger partial charge in [-0.1, -0.05) is 30.3 Å². The van der Waals surface area contributed by atoms with Gasteiger partial charge in [0.05, 0.1) is 6.61 Å². The number of benzene rings is 1. The first-order valence-corrected chi connectivity index (χ1v) is 5.03. The molecule has 0 bridgehead atoms. The molecule has 3 N–H and O–H groups in total. The van der Waals surface area contributed by atoms with Crippen molar-refractivity contribution in [2.75, 3.05) is 0 Å². The van der Waals surface area contributed by atoms with E-state index in [1.54, 1.807) is 30.3 Å². The van der Waals surface area contributed by atoms with Crippen molar-refractivity contribution in [3.8, 4) is 0 Å². The van der Waals surface area contributed by atoms with Crippen LogP contribution in [-0.4, -0.2) is 29.4 Å². The highest BCUT2D eigenvalue weighted by atomic mass is 35.5. The number of hydrogen-bond acceptors (Lipinski definition) is 3. The average molecular weight is 300 g/mol. The van der Waals surface area contributed by atoms with Crippen LogP contribution < -0.4 is 5.73 Å². The first-order valence-electron chi connectivity index (χ1n) is 5.03. The van der Waals surface area contributed by atoms with Crippen molar-refractivity contribution < 1.29 is 27.8 Å². The van der Waals surface area contributed by atoms with Crippen LogP contribution in [0.25, 0.3) is 0 Å². The molecule has 0 aliphatic heterocycles. The van der Waals surface area contributed by atoms with Crippen LogP contribution in [-0.2, 0) is 16.1 Å². The number of carboxylic acids is 1. The monoisotopic (exact) mass is 299 g/mol. The molecule has 0 spiro atoms. The van der Waals surface area contributed by atoms with E-state index < -0.39 is 24.3 Å². The summed E-state index contributed by atoms with van der Waals surface area (Å²) >= 11 is 0. The Hall–Kier alpha value is -1.31. The van der Waals surface area contributed by atoms with E-state index in [2.05, 4.69) is 4.74 Å². The zero-order chi connectivity index (χ0) is 13.8. The number of ether oxygens (including phenoxy) is 1. The van der Waals surface area contributed by atoms with Crippen LogP contribution in [0.5, 0.6) is 0 Å². The summed E-state index contributed by atoms with van der Waals surface area (Å²) < 4.78 is 42.3. The molecule has 0 heterocycles. The summed E-state index contributed by atoms with van der Waals surface area (Å²) in [5.41, 5.74) is 5.47. The van der Waals surface area contributed by atoms with Crippen LogP contribution in [0.1, 0.15) is 5.56 Å². The lowest BCUT2D eigenvalue weighted by molar-refractivity contribution is -0.231. The van der Waals surface area contributed by atoms with Gasteiger partial charge in [-0.2, -0.15) is 13.2 Å². The fraction of sp³-hybridized carbons (Fsp3) is 0.364. The summed E-state index contributed by atoms with van der Waals surface area (Å²) in [7, 11) is 0. The van der Waals surface area contributed by atoms with E-state index in [0.717, 1.165) is 0 Å². The van der Waals surface area contributed by atoms with E-state index >= 15 is 0 Å². The van der Waals surface area contributed by atoms with Gasteiger partial charge in [-0.3, -0.25) is 4.79 Å². The molecule has 0 unspecified atom stereocenters. The molecule has 8 heteroatoms. The maximum Gasteiger partial charge on any atom is 0.416 e. The molecule has 1 rings (SSSR count). The van der Waals surface area contributed by atoms with Gasteiger partial charge in [0.25, 0.3) is 0 Å². The van der Waals surface area contributed by atoms with Crippen molar-refractivity contribution in [3.05, 3.63) is 35.9 Å². The average Bonchev–Trinajstić information content (AvgIpc) is 2.28. The number of aliphatic carboxylic acids is 1. The van der Waals surface area contributed by atoms with E-state index in [9.17, 15) is 18.0 Å². The molecule has 0 saturated carbocycles. The highest BCUT2D eigenvalue weighted by Crippen LogP contribution is 2.25. The second-order valence-corrected chi connectivity index (χ2v) is 3.62. The predicted octanol–water partition coefficient (Wildman–Crippen LogP) is 1.97. The minimum absolute atomic E-state index is 0. The number of carboxylic acid groups (broad SMARTS) is 1. The van der Waals surface area contributed by atoms with Gasteiger partial charge >= 0.3 is 12.1 Å². The van der Waals surface area contributed by atoms with E-state index in [1.165, 1.54) is 0 Å². The zero-order valence-electron chi connectivity index (χ0n) is 9.63. The Morgan fingerprint density at radius 1 is 1.32 bits per heavy atom. The number of rotatable bonds is 5. The van der Waals surface area contributed by atoms with Crippen molar-refractivity contribution in [2.24, 2.45) is 5.73 Å². The van der Waals surface area contributed by atoms with Gasteiger partial charge in [0.2, 0.25) is 0 Å². The molecule has 108 valence electrons. The SMILES string of the molecule is Cl.N[C@@H](C(=O)O)[C@H](OCc1ccccc1)C(F)(F)F. The number of alkyl halides is 3. The van der Waals surface area contributed by atoms with Gasteiger partial charge in [0, 0.05) is 0 Å². The molecule has 0 amide bonds. The Balaban J connectivity index is 0.00000324. The van der Waals surface area contributed by atoms with Crippen LogP contribution in [0, 0.1) is 0 Å². The van der Waals surface area contributed by atoms with Gasteiger partial charge < -0.3 is 15.6 Å². The topological polar surface area (TPSA) is 72.6 Å². The van der Waals surface area contributed by atoms with Gasteiger partial charge in [0.15, 0.2) is 6.10 Å². The Morgan fingerprint density at radius 3 is 2.26 bits per heavy atom.